The molecule has 0 fully saturated rings. The number of carbonyl (C=O) groups is 1. The van der Waals surface area contributed by atoms with Gasteiger partial charge in [-0.2, -0.15) is 4.52 Å². The molecule has 0 radical (unpaired) electrons. The van der Waals surface area contributed by atoms with Gasteiger partial charge in [0.05, 0.1) is 23.0 Å². The number of rotatable bonds is 3. The fourth-order valence-corrected chi connectivity index (χ4v) is 2.66. The van der Waals surface area contributed by atoms with Gasteiger partial charge in [0.1, 0.15) is 5.03 Å². The van der Waals surface area contributed by atoms with Crippen molar-refractivity contribution >= 4 is 35.0 Å². The van der Waals surface area contributed by atoms with Crippen LogP contribution < -0.4 is 0 Å². The van der Waals surface area contributed by atoms with Crippen molar-refractivity contribution in [3.63, 3.8) is 0 Å². The zero-order chi connectivity index (χ0) is 14.1. The molecule has 0 bridgehead atoms. The summed E-state index contributed by atoms with van der Waals surface area (Å²) < 4.78 is 1.52. The first-order valence-corrected chi connectivity index (χ1v) is 6.57. The Kier molecular flexibility index (Phi) is 3.25. The molecular weight excluding hydrogens is 302 g/mol. The fourth-order valence-electron chi connectivity index (χ4n) is 1.58. The summed E-state index contributed by atoms with van der Waals surface area (Å²) in [4.78, 5) is 15.8. The average Bonchev–Trinajstić information content (AvgIpc) is 2.90. The van der Waals surface area contributed by atoms with Gasteiger partial charge < -0.3 is 5.11 Å². The van der Waals surface area contributed by atoms with Crippen molar-refractivity contribution in [2.75, 3.05) is 0 Å². The minimum atomic E-state index is -1.07. The van der Waals surface area contributed by atoms with E-state index < -0.39 is 5.97 Å². The molecule has 0 unspecified atom stereocenters. The molecular formula is C11H6ClN5O2S. The lowest BCUT2D eigenvalue weighted by Gasteiger charge is -2.05. The highest BCUT2D eigenvalue weighted by Gasteiger charge is 2.12. The largest absolute Gasteiger partial charge is 0.478 e. The smallest absolute Gasteiger partial charge is 0.337 e. The number of halogens is 1. The van der Waals surface area contributed by atoms with Crippen molar-refractivity contribution in [3.05, 3.63) is 41.2 Å². The maximum atomic E-state index is 11.1. The third-order valence-electron chi connectivity index (χ3n) is 2.47. The van der Waals surface area contributed by atoms with Crippen LogP contribution in [-0.4, -0.2) is 36.1 Å². The number of nitrogens with zero attached hydrogens (tertiary/aromatic N) is 5. The Labute approximate surface area is 121 Å². The van der Waals surface area contributed by atoms with Crippen molar-refractivity contribution < 1.29 is 9.90 Å². The average molecular weight is 308 g/mol. The van der Waals surface area contributed by atoms with Crippen LogP contribution >= 0.6 is 23.4 Å². The number of fused-ring (bicyclic) bond motifs is 1. The highest BCUT2D eigenvalue weighted by molar-refractivity contribution is 7.99. The molecule has 100 valence electrons. The summed E-state index contributed by atoms with van der Waals surface area (Å²) in [7, 11) is 0. The molecule has 0 spiro atoms. The zero-order valence-electron chi connectivity index (χ0n) is 9.76. The van der Waals surface area contributed by atoms with Crippen LogP contribution in [0.4, 0.5) is 0 Å². The van der Waals surface area contributed by atoms with E-state index in [1.54, 1.807) is 18.3 Å². The lowest BCUT2D eigenvalue weighted by molar-refractivity contribution is 0.0697. The van der Waals surface area contributed by atoms with E-state index in [-0.39, 0.29) is 10.6 Å². The normalized spacial score (nSPS) is 10.8. The lowest BCUT2D eigenvalue weighted by Crippen LogP contribution is -1.98. The van der Waals surface area contributed by atoms with Gasteiger partial charge in [-0.1, -0.05) is 23.4 Å². The molecule has 1 N–H and O–H groups in total. The Morgan fingerprint density at radius 2 is 2.20 bits per heavy atom. The van der Waals surface area contributed by atoms with Gasteiger partial charge in [0.2, 0.25) is 0 Å². The zero-order valence-corrected chi connectivity index (χ0v) is 11.3. The molecule has 20 heavy (non-hydrogen) atoms. The summed E-state index contributed by atoms with van der Waals surface area (Å²) in [6.07, 6.45) is 3.14. The first-order chi connectivity index (χ1) is 9.65. The highest BCUT2D eigenvalue weighted by Crippen LogP contribution is 2.30. The maximum absolute atomic E-state index is 11.1. The van der Waals surface area contributed by atoms with E-state index >= 15 is 0 Å². The fraction of sp³-hybridized carbons (Fsp3) is 0. The first kappa shape index (κ1) is 12.8. The summed E-state index contributed by atoms with van der Waals surface area (Å²) >= 11 is 7.13. The Bertz CT molecular complexity index is 806. The Morgan fingerprint density at radius 1 is 1.35 bits per heavy atom. The number of tetrazole rings is 1. The van der Waals surface area contributed by atoms with Gasteiger partial charge >= 0.3 is 5.97 Å². The molecule has 3 aromatic rings. The first-order valence-electron chi connectivity index (χ1n) is 5.38. The number of hydrogen-bond acceptors (Lipinski definition) is 6. The predicted molar refractivity (Wildman–Crippen MR) is 71.1 cm³/mol. The monoisotopic (exact) mass is 307 g/mol. The molecule has 1 aromatic carbocycles. The second kappa shape index (κ2) is 5.06. The molecule has 0 aliphatic heterocycles. The standard InChI is InChI=1S/C11H6ClN5O2S/c12-8-2-1-6(3-7(8)11(18)19)20-10-5-13-4-9-14-15-16-17(9)10/h1-5H,(H,18,19). The molecule has 0 atom stereocenters. The van der Waals surface area contributed by atoms with E-state index in [4.69, 9.17) is 16.7 Å². The van der Waals surface area contributed by atoms with Gasteiger partial charge in [-0.3, -0.25) is 4.98 Å². The van der Waals surface area contributed by atoms with Crippen LogP contribution in [-0.2, 0) is 0 Å². The third kappa shape index (κ3) is 2.30. The minimum Gasteiger partial charge on any atom is -0.478 e. The molecule has 0 amide bonds. The molecule has 2 heterocycles. The van der Waals surface area contributed by atoms with Gasteiger partial charge in [0.25, 0.3) is 0 Å². The molecule has 2 aromatic heterocycles. The quantitative estimate of drug-likeness (QED) is 0.791. The van der Waals surface area contributed by atoms with Crippen LogP contribution in [0.15, 0.2) is 40.5 Å². The third-order valence-corrected chi connectivity index (χ3v) is 3.77. The van der Waals surface area contributed by atoms with Crippen molar-refractivity contribution in [2.45, 2.75) is 9.92 Å². The van der Waals surface area contributed by atoms with E-state index in [2.05, 4.69) is 20.5 Å². The van der Waals surface area contributed by atoms with Gasteiger partial charge in [0, 0.05) is 4.90 Å². The van der Waals surface area contributed by atoms with Crippen LogP contribution in [0.3, 0.4) is 0 Å². The highest BCUT2D eigenvalue weighted by atomic mass is 35.5. The number of aromatic carboxylic acids is 1. The maximum Gasteiger partial charge on any atom is 0.337 e. The van der Waals surface area contributed by atoms with E-state index in [0.29, 0.717) is 15.6 Å². The molecule has 3 rings (SSSR count). The van der Waals surface area contributed by atoms with Crippen molar-refractivity contribution in [1.82, 2.24) is 25.0 Å². The van der Waals surface area contributed by atoms with E-state index in [1.807, 2.05) is 0 Å². The molecule has 7 nitrogen and oxygen atoms in total. The lowest BCUT2D eigenvalue weighted by atomic mass is 10.2. The second-order valence-electron chi connectivity index (χ2n) is 3.74. The van der Waals surface area contributed by atoms with E-state index in [0.717, 1.165) is 0 Å². The van der Waals surface area contributed by atoms with Crippen LogP contribution in [0.25, 0.3) is 5.65 Å². The summed E-state index contributed by atoms with van der Waals surface area (Å²) in [6.45, 7) is 0. The Morgan fingerprint density at radius 3 is 3.00 bits per heavy atom. The van der Waals surface area contributed by atoms with Gasteiger partial charge in [-0.05, 0) is 28.6 Å². The molecule has 9 heteroatoms. The summed E-state index contributed by atoms with van der Waals surface area (Å²) in [6, 6.07) is 4.77. The minimum absolute atomic E-state index is 0.0496. The van der Waals surface area contributed by atoms with Crippen LogP contribution in [0.5, 0.6) is 0 Å². The van der Waals surface area contributed by atoms with Crippen LogP contribution in [0.1, 0.15) is 10.4 Å². The second-order valence-corrected chi connectivity index (χ2v) is 5.24. The summed E-state index contributed by atoms with van der Waals surface area (Å²) in [5.74, 6) is -1.07. The van der Waals surface area contributed by atoms with E-state index in [1.165, 1.54) is 28.5 Å². The number of carboxylic acids is 1. The number of carboxylic acid groups (broad SMARTS) is 1. The molecule has 0 saturated heterocycles. The van der Waals surface area contributed by atoms with Gasteiger partial charge in [-0.25, -0.2) is 4.79 Å². The number of aromatic nitrogens is 5. The summed E-state index contributed by atoms with van der Waals surface area (Å²) in [5.41, 5.74) is 0.566. The topological polar surface area (TPSA) is 93.3 Å². The van der Waals surface area contributed by atoms with Crippen LogP contribution in [0.2, 0.25) is 5.02 Å². The molecule has 0 saturated carbocycles. The van der Waals surface area contributed by atoms with Gasteiger partial charge in [0.15, 0.2) is 5.65 Å². The predicted octanol–water partition coefficient (Wildman–Crippen LogP) is 2.02. The summed E-state index contributed by atoms with van der Waals surface area (Å²) in [5, 5.41) is 21.1. The van der Waals surface area contributed by atoms with Crippen molar-refractivity contribution in [3.8, 4) is 0 Å². The molecule has 0 aliphatic rings. The van der Waals surface area contributed by atoms with Crippen LogP contribution in [0, 0.1) is 0 Å². The van der Waals surface area contributed by atoms with Crippen molar-refractivity contribution in [1.29, 1.82) is 0 Å². The van der Waals surface area contributed by atoms with E-state index in [9.17, 15) is 4.79 Å². The van der Waals surface area contributed by atoms with Gasteiger partial charge in [-0.15, -0.1) is 5.10 Å². The Hall–Kier alpha value is -2.19. The number of benzene rings is 1. The number of hydrogen-bond donors (Lipinski definition) is 1. The van der Waals surface area contributed by atoms with Crippen molar-refractivity contribution in [2.24, 2.45) is 0 Å². The SMILES string of the molecule is O=C(O)c1cc(Sc2cncc3nnnn23)ccc1Cl. The Balaban J connectivity index is 2.01. The molecule has 0 aliphatic carbocycles.